The molecule has 0 saturated carbocycles. The molecule has 0 heterocycles. The summed E-state index contributed by atoms with van der Waals surface area (Å²) in [5, 5.41) is 13.5. The molecule has 0 aliphatic carbocycles. The van der Waals surface area contributed by atoms with E-state index >= 15 is 0 Å². The summed E-state index contributed by atoms with van der Waals surface area (Å²) in [7, 11) is 0. The quantitative estimate of drug-likeness (QED) is 0.569. The van der Waals surface area contributed by atoms with E-state index in [0.717, 1.165) is 5.56 Å². The molecule has 0 spiro atoms. The summed E-state index contributed by atoms with van der Waals surface area (Å²) in [6, 6.07) is 13.8. The first-order valence-electron chi connectivity index (χ1n) is 8.22. The van der Waals surface area contributed by atoms with Crippen molar-refractivity contribution in [3.8, 4) is 0 Å². The number of halogens is 1. The number of hydrogen-bond acceptors (Lipinski definition) is 4. The van der Waals surface area contributed by atoms with Gasteiger partial charge in [-0.2, -0.15) is 0 Å². The Bertz CT molecular complexity index is 748. The van der Waals surface area contributed by atoms with E-state index in [1.54, 1.807) is 12.1 Å². The van der Waals surface area contributed by atoms with Gasteiger partial charge in [-0.05, 0) is 22.6 Å². The number of nitro benzene ring substituents is 1. The lowest BCUT2D eigenvalue weighted by atomic mass is 9.99. The van der Waals surface area contributed by atoms with Crippen LogP contribution in [-0.2, 0) is 11.2 Å². The van der Waals surface area contributed by atoms with Crippen LogP contribution in [0, 0.1) is 10.1 Å². The van der Waals surface area contributed by atoms with E-state index in [9.17, 15) is 14.9 Å². The fourth-order valence-corrected chi connectivity index (χ4v) is 2.50. The van der Waals surface area contributed by atoms with Gasteiger partial charge in [-0.25, -0.2) is 0 Å². The van der Waals surface area contributed by atoms with Crippen LogP contribution in [0.3, 0.4) is 0 Å². The van der Waals surface area contributed by atoms with Gasteiger partial charge in [0.05, 0.1) is 11.3 Å². The number of non-ortho nitro benzene ring substituents is 1. The van der Waals surface area contributed by atoms with Gasteiger partial charge in [-0.15, -0.1) is 12.4 Å². The van der Waals surface area contributed by atoms with Gasteiger partial charge in [0, 0.05) is 24.7 Å². The molecular weight excluding hydrogens is 354 g/mol. The third-order valence-electron chi connectivity index (χ3n) is 4.04. The fraction of sp³-hybridized carbons (Fsp3) is 0.316. The Labute approximate surface area is 159 Å². The Balaban J connectivity index is 0.00000338. The van der Waals surface area contributed by atoms with E-state index in [2.05, 4.69) is 19.2 Å². The van der Waals surface area contributed by atoms with Gasteiger partial charge < -0.3 is 11.1 Å². The number of carbonyl (C=O) groups is 1. The Hall–Kier alpha value is -2.44. The molecule has 2 aromatic rings. The second-order valence-corrected chi connectivity index (χ2v) is 6.34. The zero-order valence-electron chi connectivity index (χ0n) is 14.8. The van der Waals surface area contributed by atoms with Crippen LogP contribution in [0.2, 0.25) is 0 Å². The van der Waals surface area contributed by atoms with Gasteiger partial charge in [0.25, 0.3) is 5.69 Å². The van der Waals surface area contributed by atoms with E-state index in [0.29, 0.717) is 18.0 Å². The fourth-order valence-electron chi connectivity index (χ4n) is 2.50. The van der Waals surface area contributed by atoms with Crippen molar-refractivity contribution in [2.75, 3.05) is 6.54 Å². The Morgan fingerprint density at radius 2 is 1.77 bits per heavy atom. The molecular formula is C19H24ClN3O3. The third-order valence-corrected chi connectivity index (χ3v) is 4.04. The molecule has 0 aromatic heterocycles. The standard InChI is InChI=1S/C19H23N3O3.ClH/c1-13(2)15-6-8-16(9-7-15)18(20)12-21-19(23)11-14-4-3-5-17(10-14)22(24)25;/h3-10,13,18H,11-12,20H2,1-2H3,(H,21,23);1H. The predicted octanol–water partition coefficient (Wildman–Crippen LogP) is 3.50. The van der Waals surface area contributed by atoms with E-state index in [-0.39, 0.29) is 36.5 Å². The van der Waals surface area contributed by atoms with Gasteiger partial charge in [-0.3, -0.25) is 14.9 Å². The Kier molecular flexibility index (Phi) is 8.22. The van der Waals surface area contributed by atoms with Crippen molar-refractivity contribution in [1.29, 1.82) is 0 Å². The van der Waals surface area contributed by atoms with Gasteiger partial charge in [0.1, 0.15) is 0 Å². The van der Waals surface area contributed by atoms with Gasteiger partial charge in [0.15, 0.2) is 0 Å². The van der Waals surface area contributed by atoms with E-state index in [1.807, 2.05) is 24.3 Å². The van der Waals surface area contributed by atoms with Crippen molar-refractivity contribution in [2.24, 2.45) is 5.73 Å². The molecule has 0 aliphatic rings. The average molecular weight is 378 g/mol. The summed E-state index contributed by atoms with van der Waals surface area (Å²) in [6.07, 6.45) is 0.0840. The number of carbonyl (C=O) groups excluding carboxylic acids is 1. The smallest absolute Gasteiger partial charge is 0.269 e. The van der Waals surface area contributed by atoms with Crippen LogP contribution in [0.5, 0.6) is 0 Å². The molecule has 0 bridgehead atoms. The maximum Gasteiger partial charge on any atom is 0.269 e. The topological polar surface area (TPSA) is 98.3 Å². The minimum atomic E-state index is -0.474. The van der Waals surface area contributed by atoms with Crippen LogP contribution in [0.15, 0.2) is 48.5 Å². The van der Waals surface area contributed by atoms with Crippen LogP contribution >= 0.6 is 12.4 Å². The number of nitro groups is 1. The first-order chi connectivity index (χ1) is 11.9. The third kappa shape index (κ3) is 6.13. The molecule has 0 saturated heterocycles. The lowest BCUT2D eigenvalue weighted by Gasteiger charge is -2.14. The lowest BCUT2D eigenvalue weighted by molar-refractivity contribution is -0.384. The molecule has 140 valence electrons. The monoisotopic (exact) mass is 377 g/mol. The number of nitrogens with one attached hydrogen (secondary N) is 1. The van der Waals surface area contributed by atoms with Crippen LogP contribution < -0.4 is 11.1 Å². The molecule has 3 N–H and O–H groups in total. The highest BCUT2D eigenvalue weighted by Crippen LogP contribution is 2.17. The minimum Gasteiger partial charge on any atom is -0.354 e. The summed E-state index contributed by atoms with van der Waals surface area (Å²) < 4.78 is 0. The zero-order valence-corrected chi connectivity index (χ0v) is 15.7. The minimum absolute atomic E-state index is 0. The van der Waals surface area contributed by atoms with Crippen molar-refractivity contribution >= 4 is 24.0 Å². The first kappa shape index (κ1) is 21.6. The van der Waals surface area contributed by atoms with Crippen LogP contribution in [0.25, 0.3) is 0 Å². The summed E-state index contributed by atoms with van der Waals surface area (Å²) in [4.78, 5) is 22.3. The SMILES string of the molecule is CC(C)c1ccc(C(N)CNC(=O)Cc2cccc([N+](=O)[O-])c2)cc1.Cl. The average Bonchev–Trinajstić information content (AvgIpc) is 2.60. The van der Waals surface area contributed by atoms with Crippen molar-refractivity contribution in [3.05, 3.63) is 75.3 Å². The second kappa shape index (κ2) is 9.89. The normalized spacial score (nSPS) is 11.5. The van der Waals surface area contributed by atoms with Crippen molar-refractivity contribution in [3.63, 3.8) is 0 Å². The van der Waals surface area contributed by atoms with Crippen molar-refractivity contribution < 1.29 is 9.72 Å². The Morgan fingerprint density at radius 1 is 1.15 bits per heavy atom. The second-order valence-electron chi connectivity index (χ2n) is 6.34. The largest absolute Gasteiger partial charge is 0.354 e. The Morgan fingerprint density at radius 3 is 2.35 bits per heavy atom. The highest BCUT2D eigenvalue weighted by Gasteiger charge is 2.11. The van der Waals surface area contributed by atoms with Crippen LogP contribution in [-0.4, -0.2) is 17.4 Å². The molecule has 1 unspecified atom stereocenters. The number of nitrogens with zero attached hydrogens (tertiary/aromatic N) is 1. The van der Waals surface area contributed by atoms with E-state index in [1.165, 1.54) is 17.7 Å². The van der Waals surface area contributed by atoms with Crippen molar-refractivity contribution in [1.82, 2.24) is 5.32 Å². The van der Waals surface area contributed by atoms with E-state index in [4.69, 9.17) is 5.73 Å². The molecule has 2 rings (SSSR count). The molecule has 26 heavy (non-hydrogen) atoms. The first-order valence-corrected chi connectivity index (χ1v) is 8.22. The summed E-state index contributed by atoms with van der Waals surface area (Å²) in [5.41, 5.74) is 8.90. The molecule has 0 fully saturated rings. The maximum absolute atomic E-state index is 12.0. The highest BCUT2D eigenvalue weighted by molar-refractivity contribution is 5.85. The summed E-state index contributed by atoms with van der Waals surface area (Å²) in [6.45, 7) is 4.57. The molecule has 6 nitrogen and oxygen atoms in total. The number of nitrogens with two attached hydrogens (primary N) is 1. The number of benzene rings is 2. The van der Waals surface area contributed by atoms with Crippen molar-refractivity contribution in [2.45, 2.75) is 32.2 Å². The maximum atomic E-state index is 12.0. The number of rotatable bonds is 7. The highest BCUT2D eigenvalue weighted by atomic mass is 35.5. The molecule has 1 amide bonds. The molecule has 0 aliphatic heterocycles. The summed E-state index contributed by atoms with van der Waals surface area (Å²) in [5.74, 6) is 0.245. The van der Waals surface area contributed by atoms with Crippen LogP contribution in [0.1, 0.15) is 42.5 Å². The lowest BCUT2D eigenvalue weighted by Crippen LogP contribution is -2.32. The molecule has 2 aromatic carbocycles. The number of hydrogen-bond donors (Lipinski definition) is 2. The summed E-state index contributed by atoms with van der Waals surface area (Å²) >= 11 is 0. The van der Waals surface area contributed by atoms with Gasteiger partial charge in [0.2, 0.25) is 5.91 Å². The van der Waals surface area contributed by atoms with E-state index < -0.39 is 4.92 Å². The molecule has 7 heteroatoms. The van der Waals surface area contributed by atoms with Crippen LogP contribution in [0.4, 0.5) is 5.69 Å². The predicted molar refractivity (Wildman–Crippen MR) is 105 cm³/mol. The zero-order chi connectivity index (χ0) is 18.4. The molecule has 1 atom stereocenters. The van der Waals surface area contributed by atoms with Gasteiger partial charge >= 0.3 is 0 Å². The van der Waals surface area contributed by atoms with Gasteiger partial charge in [-0.1, -0.05) is 50.2 Å². The number of amides is 1. The molecule has 0 radical (unpaired) electrons.